The molecule has 0 saturated carbocycles. The van der Waals surface area contributed by atoms with Crippen molar-refractivity contribution >= 4 is 21.6 Å². The van der Waals surface area contributed by atoms with Gasteiger partial charge < -0.3 is 10.1 Å². The first kappa shape index (κ1) is 13.5. The highest BCUT2D eigenvalue weighted by Gasteiger charge is 2.01. The topological polar surface area (TPSA) is 21.3 Å². The molecule has 0 aliphatic rings. The predicted octanol–water partition coefficient (Wildman–Crippen LogP) is 3.92. The van der Waals surface area contributed by atoms with Gasteiger partial charge in [-0.15, -0.1) is 0 Å². The van der Waals surface area contributed by atoms with Crippen molar-refractivity contribution in [3.8, 4) is 17.6 Å². The van der Waals surface area contributed by atoms with Crippen molar-refractivity contribution in [1.82, 2.24) is 0 Å². The van der Waals surface area contributed by atoms with E-state index in [1.807, 2.05) is 48.5 Å². The molecule has 1 N–H and O–H groups in total. The fourth-order valence-electron chi connectivity index (χ4n) is 1.63. The molecule has 2 nitrogen and oxygen atoms in total. The molecular weight excluding hydrogens is 302 g/mol. The molecule has 0 fully saturated rings. The Morgan fingerprint density at radius 3 is 2.68 bits per heavy atom. The number of hydrogen-bond donors (Lipinski definition) is 1. The molecule has 0 atom stereocenters. The lowest BCUT2D eigenvalue weighted by molar-refractivity contribution is 0.416. The number of halogens is 1. The van der Waals surface area contributed by atoms with Crippen LogP contribution in [0.1, 0.15) is 5.56 Å². The van der Waals surface area contributed by atoms with E-state index in [9.17, 15) is 0 Å². The SMILES string of the molecule is COc1ccc(Br)cc1NCC#Cc1ccccc1. The van der Waals surface area contributed by atoms with Gasteiger partial charge in [-0.3, -0.25) is 0 Å². The summed E-state index contributed by atoms with van der Waals surface area (Å²) in [6.07, 6.45) is 0. The monoisotopic (exact) mass is 315 g/mol. The van der Waals surface area contributed by atoms with Crippen molar-refractivity contribution < 1.29 is 4.74 Å². The number of nitrogens with one attached hydrogen (secondary N) is 1. The van der Waals surface area contributed by atoms with Crippen molar-refractivity contribution in [2.45, 2.75) is 0 Å². The second-order valence-corrected chi connectivity index (χ2v) is 4.78. The van der Waals surface area contributed by atoms with Crippen LogP contribution < -0.4 is 10.1 Å². The number of methoxy groups -OCH3 is 1. The molecule has 19 heavy (non-hydrogen) atoms. The smallest absolute Gasteiger partial charge is 0.142 e. The number of hydrogen-bond acceptors (Lipinski definition) is 2. The maximum atomic E-state index is 5.28. The van der Waals surface area contributed by atoms with Crippen molar-refractivity contribution in [1.29, 1.82) is 0 Å². The average Bonchev–Trinajstić information content (AvgIpc) is 2.45. The van der Waals surface area contributed by atoms with E-state index >= 15 is 0 Å². The van der Waals surface area contributed by atoms with Crippen LogP contribution in [0, 0.1) is 11.8 Å². The third-order valence-electron chi connectivity index (χ3n) is 2.54. The third-order valence-corrected chi connectivity index (χ3v) is 3.03. The van der Waals surface area contributed by atoms with Gasteiger partial charge in [-0.2, -0.15) is 0 Å². The van der Waals surface area contributed by atoms with E-state index in [-0.39, 0.29) is 0 Å². The molecule has 0 amide bonds. The highest BCUT2D eigenvalue weighted by Crippen LogP contribution is 2.27. The minimum absolute atomic E-state index is 0.571. The quantitative estimate of drug-likeness (QED) is 0.867. The predicted molar refractivity (Wildman–Crippen MR) is 82.5 cm³/mol. The van der Waals surface area contributed by atoms with E-state index < -0.39 is 0 Å². The Bertz CT molecular complexity index is 599. The average molecular weight is 316 g/mol. The van der Waals surface area contributed by atoms with E-state index in [0.717, 1.165) is 21.5 Å². The molecular formula is C16H14BrNO. The largest absolute Gasteiger partial charge is 0.495 e. The van der Waals surface area contributed by atoms with Gasteiger partial charge >= 0.3 is 0 Å². The Kier molecular flexibility index (Phi) is 4.88. The summed E-state index contributed by atoms with van der Waals surface area (Å²) in [5.41, 5.74) is 1.95. The standard InChI is InChI=1S/C16H14BrNO/c1-19-16-10-9-14(17)12-15(16)18-11-5-8-13-6-3-2-4-7-13/h2-4,6-7,9-10,12,18H,11H2,1H3. The van der Waals surface area contributed by atoms with Gasteiger partial charge in [0.1, 0.15) is 5.75 Å². The molecule has 2 rings (SSSR count). The zero-order valence-corrected chi connectivity index (χ0v) is 12.2. The molecule has 0 unspecified atom stereocenters. The Morgan fingerprint density at radius 1 is 1.16 bits per heavy atom. The van der Waals surface area contributed by atoms with Crippen molar-refractivity contribution in [2.24, 2.45) is 0 Å². The first-order valence-corrected chi connectivity index (χ1v) is 6.70. The first-order chi connectivity index (χ1) is 9.29. The maximum Gasteiger partial charge on any atom is 0.142 e. The molecule has 0 saturated heterocycles. The van der Waals surface area contributed by atoms with Crippen molar-refractivity contribution in [3.63, 3.8) is 0 Å². The first-order valence-electron chi connectivity index (χ1n) is 5.91. The Balaban J connectivity index is 2.00. The summed E-state index contributed by atoms with van der Waals surface area (Å²) in [5.74, 6) is 7.00. The van der Waals surface area contributed by atoms with Crippen LogP contribution in [0.25, 0.3) is 0 Å². The van der Waals surface area contributed by atoms with Gasteiger partial charge in [0.05, 0.1) is 19.3 Å². The van der Waals surface area contributed by atoms with Gasteiger partial charge in [0, 0.05) is 10.0 Å². The lowest BCUT2D eigenvalue weighted by atomic mass is 10.2. The van der Waals surface area contributed by atoms with E-state index in [0.29, 0.717) is 6.54 Å². The lowest BCUT2D eigenvalue weighted by Gasteiger charge is -2.09. The fourth-order valence-corrected chi connectivity index (χ4v) is 1.99. The van der Waals surface area contributed by atoms with E-state index in [2.05, 4.69) is 33.1 Å². The number of anilines is 1. The van der Waals surface area contributed by atoms with Crippen LogP contribution in [0.15, 0.2) is 53.0 Å². The molecule has 0 spiro atoms. The van der Waals surface area contributed by atoms with Crippen molar-refractivity contribution in [3.05, 3.63) is 58.6 Å². The summed E-state index contributed by atoms with van der Waals surface area (Å²) < 4.78 is 6.29. The zero-order valence-electron chi connectivity index (χ0n) is 10.6. The molecule has 3 heteroatoms. The summed E-state index contributed by atoms with van der Waals surface area (Å²) in [6, 6.07) is 15.8. The minimum atomic E-state index is 0.571. The van der Waals surface area contributed by atoms with Gasteiger partial charge in [-0.05, 0) is 30.3 Å². The van der Waals surface area contributed by atoms with Crippen LogP contribution in [-0.2, 0) is 0 Å². The van der Waals surface area contributed by atoms with Crippen LogP contribution in [0.3, 0.4) is 0 Å². The van der Waals surface area contributed by atoms with Gasteiger partial charge in [0.15, 0.2) is 0 Å². The summed E-state index contributed by atoms with van der Waals surface area (Å²) in [4.78, 5) is 0. The maximum absolute atomic E-state index is 5.28. The molecule has 2 aromatic rings. The van der Waals surface area contributed by atoms with Crippen LogP contribution >= 0.6 is 15.9 Å². The Labute approximate surface area is 121 Å². The minimum Gasteiger partial charge on any atom is -0.495 e. The summed E-state index contributed by atoms with van der Waals surface area (Å²) in [7, 11) is 1.66. The summed E-state index contributed by atoms with van der Waals surface area (Å²) >= 11 is 3.44. The number of benzene rings is 2. The van der Waals surface area contributed by atoms with Gasteiger partial charge in [-0.25, -0.2) is 0 Å². The molecule has 0 aliphatic carbocycles. The molecule has 0 radical (unpaired) electrons. The summed E-state index contributed by atoms with van der Waals surface area (Å²) in [6.45, 7) is 0.571. The van der Waals surface area contributed by atoms with Crippen LogP contribution in [-0.4, -0.2) is 13.7 Å². The molecule has 0 bridgehead atoms. The van der Waals surface area contributed by atoms with Gasteiger partial charge in [0.25, 0.3) is 0 Å². The molecule has 0 heterocycles. The number of ether oxygens (including phenoxy) is 1. The normalized spacial score (nSPS) is 9.37. The molecule has 96 valence electrons. The van der Waals surface area contributed by atoms with Crippen LogP contribution in [0.4, 0.5) is 5.69 Å². The molecule has 0 aromatic heterocycles. The number of rotatable bonds is 3. The van der Waals surface area contributed by atoms with Gasteiger partial charge in [0.2, 0.25) is 0 Å². The fraction of sp³-hybridized carbons (Fsp3) is 0.125. The van der Waals surface area contributed by atoms with Crippen LogP contribution in [0.2, 0.25) is 0 Å². The lowest BCUT2D eigenvalue weighted by Crippen LogP contribution is -2.01. The molecule has 2 aromatic carbocycles. The van der Waals surface area contributed by atoms with E-state index in [1.54, 1.807) is 7.11 Å². The highest BCUT2D eigenvalue weighted by molar-refractivity contribution is 9.10. The van der Waals surface area contributed by atoms with Gasteiger partial charge in [-0.1, -0.05) is 46.0 Å². The van der Waals surface area contributed by atoms with Crippen LogP contribution in [0.5, 0.6) is 5.75 Å². The summed E-state index contributed by atoms with van der Waals surface area (Å²) in [5, 5.41) is 3.25. The third kappa shape index (κ3) is 4.04. The van der Waals surface area contributed by atoms with E-state index in [1.165, 1.54) is 0 Å². The molecule has 0 aliphatic heterocycles. The zero-order chi connectivity index (χ0) is 13.5. The van der Waals surface area contributed by atoms with E-state index in [4.69, 9.17) is 4.74 Å². The van der Waals surface area contributed by atoms with Crippen molar-refractivity contribution in [2.75, 3.05) is 19.0 Å². The second-order valence-electron chi connectivity index (χ2n) is 3.87. The Morgan fingerprint density at radius 2 is 1.95 bits per heavy atom. The Hall–Kier alpha value is -1.92. The highest BCUT2D eigenvalue weighted by atomic mass is 79.9. The second kappa shape index (κ2) is 6.86.